The first-order valence-corrected chi connectivity index (χ1v) is 17.2. The molecule has 9 nitrogen and oxygen atoms in total. The Bertz CT molecular complexity index is 1080. The van der Waals surface area contributed by atoms with Crippen molar-refractivity contribution in [2.24, 2.45) is 46.3 Å². The van der Waals surface area contributed by atoms with Gasteiger partial charge in [-0.1, -0.05) is 46.1 Å². The Morgan fingerprint density at radius 3 is 2.52 bits per heavy atom. The molecule has 5 aliphatic rings. The zero-order valence-corrected chi connectivity index (χ0v) is 27.4. The third kappa shape index (κ3) is 6.18. The van der Waals surface area contributed by atoms with Gasteiger partial charge in [-0.25, -0.2) is 0 Å². The normalized spacial score (nSPS) is 45.0. The SMILES string of the molecule is CC(=O)N[C@H]1[C@H](O[C@@H]2CC3=CC(=O)CC[C@]3(C)[C@H]3CC[C@]4(C)[C@@H]([C@H](C)CCC[C@@H](C)CO)CC[C@H]4[C@H]23)O[C@H](CO)[C@@H](O)[C@@H]1O. The fourth-order valence-corrected chi connectivity index (χ4v) is 10.5. The molecule has 1 saturated heterocycles. The number of hydrogen-bond acceptors (Lipinski definition) is 8. The molecule has 5 rings (SSSR count). The van der Waals surface area contributed by atoms with E-state index in [9.17, 15) is 30.0 Å². The summed E-state index contributed by atoms with van der Waals surface area (Å²) >= 11 is 0. The lowest BCUT2D eigenvalue weighted by molar-refractivity contribution is -0.296. The van der Waals surface area contributed by atoms with Crippen LogP contribution in [0.2, 0.25) is 0 Å². The molecule has 0 spiro atoms. The third-order valence-corrected chi connectivity index (χ3v) is 12.9. The quantitative estimate of drug-likeness (QED) is 0.250. The van der Waals surface area contributed by atoms with Crippen molar-refractivity contribution in [3.63, 3.8) is 0 Å². The first-order chi connectivity index (χ1) is 20.8. The summed E-state index contributed by atoms with van der Waals surface area (Å²) in [6, 6.07) is -0.994. The Kier molecular flexibility index (Phi) is 10.4. The minimum atomic E-state index is -1.37. The van der Waals surface area contributed by atoms with E-state index in [0.717, 1.165) is 50.5 Å². The van der Waals surface area contributed by atoms with Gasteiger partial charge < -0.3 is 35.2 Å². The number of fused-ring (bicyclic) bond motifs is 5. The number of carbonyl (C=O) groups excluding carboxylic acids is 2. The number of ketones is 1. The van der Waals surface area contributed by atoms with E-state index in [-0.39, 0.29) is 41.1 Å². The van der Waals surface area contributed by atoms with Gasteiger partial charge in [0.25, 0.3) is 0 Å². The number of hydrogen-bond donors (Lipinski definition) is 5. The van der Waals surface area contributed by atoms with Crippen LogP contribution in [0, 0.1) is 46.3 Å². The van der Waals surface area contributed by atoms with Gasteiger partial charge >= 0.3 is 0 Å². The molecule has 250 valence electrons. The number of rotatable bonds is 10. The first kappa shape index (κ1) is 34.0. The molecule has 0 aromatic heterocycles. The van der Waals surface area contributed by atoms with Crippen LogP contribution in [-0.2, 0) is 19.1 Å². The van der Waals surface area contributed by atoms with Gasteiger partial charge in [-0.15, -0.1) is 0 Å². The smallest absolute Gasteiger partial charge is 0.217 e. The average molecular weight is 620 g/mol. The van der Waals surface area contributed by atoms with Crippen molar-refractivity contribution in [3.8, 4) is 0 Å². The predicted molar refractivity (Wildman–Crippen MR) is 165 cm³/mol. The molecule has 0 unspecified atom stereocenters. The molecule has 4 fully saturated rings. The second-order valence-corrected chi connectivity index (χ2v) is 15.6. The predicted octanol–water partition coefficient (Wildman–Crippen LogP) is 3.51. The zero-order valence-electron chi connectivity index (χ0n) is 27.4. The molecule has 1 aliphatic heterocycles. The van der Waals surface area contributed by atoms with Gasteiger partial charge in [-0.05, 0) is 97.4 Å². The topological polar surface area (TPSA) is 146 Å². The van der Waals surface area contributed by atoms with Gasteiger partial charge in [0.05, 0.1) is 12.7 Å². The molecule has 1 amide bonds. The van der Waals surface area contributed by atoms with Gasteiger partial charge in [0.1, 0.15) is 24.4 Å². The van der Waals surface area contributed by atoms with Crippen molar-refractivity contribution in [2.75, 3.05) is 13.2 Å². The summed E-state index contributed by atoms with van der Waals surface area (Å²) in [4.78, 5) is 24.8. The van der Waals surface area contributed by atoms with Crippen LogP contribution in [0.4, 0.5) is 0 Å². The lowest BCUT2D eigenvalue weighted by atomic mass is 9.45. The molecular formula is C35H57NO8. The first-order valence-electron chi connectivity index (χ1n) is 17.2. The fraction of sp³-hybridized carbons (Fsp3) is 0.886. The minimum Gasteiger partial charge on any atom is -0.396 e. The van der Waals surface area contributed by atoms with E-state index in [2.05, 4.69) is 33.0 Å². The third-order valence-electron chi connectivity index (χ3n) is 12.9. The number of carbonyl (C=O) groups is 2. The van der Waals surface area contributed by atoms with E-state index >= 15 is 0 Å². The molecule has 1 heterocycles. The van der Waals surface area contributed by atoms with E-state index in [1.807, 2.05) is 6.08 Å². The van der Waals surface area contributed by atoms with Crippen LogP contribution in [-0.4, -0.2) is 82.1 Å². The van der Waals surface area contributed by atoms with E-state index < -0.39 is 37.3 Å². The zero-order chi connectivity index (χ0) is 32.0. The van der Waals surface area contributed by atoms with Crippen LogP contribution in [0.3, 0.4) is 0 Å². The Balaban J connectivity index is 1.45. The molecule has 0 aromatic rings. The summed E-state index contributed by atoms with van der Waals surface area (Å²) in [6.07, 6.45) is 6.58. The minimum absolute atomic E-state index is 0.0717. The highest BCUT2D eigenvalue weighted by Crippen LogP contribution is 2.68. The second kappa shape index (κ2) is 13.4. The van der Waals surface area contributed by atoms with Crippen molar-refractivity contribution in [3.05, 3.63) is 11.6 Å². The Labute approximate surface area is 263 Å². The molecule has 0 bridgehead atoms. The molecule has 0 aromatic carbocycles. The average Bonchev–Trinajstić information content (AvgIpc) is 3.34. The van der Waals surface area contributed by atoms with Crippen molar-refractivity contribution in [2.45, 2.75) is 136 Å². The van der Waals surface area contributed by atoms with Crippen LogP contribution in [0.25, 0.3) is 0 Å². The largest absolute Gasteiger partial charge is 0.396 e. The highest BCUT2D eigenvalue weighted by Gasteiger charge is 2.63. The Hall–Kier alpha value is -1.36. The lowest BCUT2D eigenvalue weighted by Crippen LogP contribution is -2.66. The summed E-state index contributed by atoms with van der Waals surface area (Å²) < 4.78 is 12.9. The molecule has 4 aliphatic carbocycles. The van der Waals surface area contributed by atoms with E-state index in [0.29, 0.717) is 42.4 Å². The van der Waals surface area contributed by atoms with Gasteiger partial charge in [-0.3, -0.25) is 9.59 Å². The Morgan fingerprint density at radius 1 is 1.09 bits per heavy atom. The number of aliphatic hydroxyl groups excluding tert-OH is 4. The van der Waals surface area contributed by atoms with Gasteiger partial charge in [-0.2, -0.15) is 0 Å². The van der Waals surface area contributed by atoms with Crippen molar-refractivity contribution >= 4 is 11.7 Å². The van der Waals surface area contributed by atoms with Crippen molar-refractivity contribution in [1.29, 1.82) is 0 Å². The second-order valence-electron chi connectivity index (χ2n) is 15.6. The maximum atomic E-state index is 12.7. The molecule has 44 heavy (non-hydrogen) atoms. The molecule has 14 atom stereocenters. The van der Waals surface area contributed by atoms with Gasteiger partial charge in [0, 0.05) is 20.0 Å². The maximum absolute atomic E-state index is 12.7. The van der Waals surface area contributed by atoms with Crippen molar-refractivity contribution < 1.29 is 39.5 Å². The monoisotopic (exact) mass is 619 g/mol. The molecular weight excluding hydrogens is 562 g/mol. The maximum Gasteiger partial charge on any atom is 0.217 e. The number of amides is 1. The summed E-state index contributed by atoms with van der Waals surface area (Å²) in [5, 5.41) is 43.7. The van der Waals surface area contributed by atoms with E-state index in [1.54, 1.807) is 0 Å². The summed E-state index contributed by atoms with van der Waals surface area (Å²) in [5.41, 5.74) is 1.22. The van der Waals surface area contributed by atoms with Crippen molar-refractivity contribution in [1.82, 2.24) is 5.32 Å². The summed E-state index contributed by atoms with van der Waals surface area (Å²) in [7, 11) is 0. The highest BCUT2D eigenvalue weighted by molar-refractivity contribution is 5.91. The van der Waals surface area contributed by atoms with Crippen LogP contribution in [0.5, 0.6) is 0 Å². The highest BCUT2D eigenvalue weighted by atomic mass is 16.7. The lowest BCUT2D eigenvalue weighted by Gasteiger charge is -2.61. The Morgan fingerprint density at radius 2 is 1.84 bits per heavy atom. The molecule has 9 heteroatoms. The van der Waals surface area contributed by atoms with Crippen LogP contribution in [0.1, 0.15) is 98.8 Å². The van der Waals surface area contributed by atoms with Gasteiger partial charge in [0.2, 0.25) is 5.91 Å². The molecule has 0 radical (unpaired) electrons. The van der Waals surface area contributed by atoms with E-state index in [1.165, 1.54) is 13.3 Å². The standard InChI is InChI=1S/C35H57NO8/c1-19(17-37)7-6-8-20(2)24-9-10-25-29-26(12-14-35(24,25)5)34(4)13-11-23(40)15-22(34)16-27(29)43-33-30(36-21(3)39)32(42)31(41)28(18-38)44-33/h15,19-20,24-33,37-38,41-42H,6-14,16-18H2,1-5H3,(H,36,39)/t19-,20-,24-,25+,26+,27-,28-,29+,30-,31-,32-,33-,34+,35-/m1/s1. The van der Waals surface area contributed by atoms with Crippen LogP contribution in [0.15, 0.2) is 11.6 Å². The van der Waals surface area contributed by atoms with Gasteiger partial charge in [0.15, 0.2) is 12.1 Å². The molecule has 5 N–H and O–H groups in total. The summed E-state index contributed by atoms with van der Waals surface area (Å²) in [6.45, 7) is 10.5. The van der Waals surface area contributed by atoms with Crippen LogP contribution < -0.4 is 5.32 Å². The number of aliphatic hydroxyl groups is 4. The fourth-order valence-electron chi connectivity index (χ4n) is 10.5. The van der Waals surface area contributed by atoms with Crippen LogP contribution >= 0.6 is 0 Å². The number of ether oxygens (including phenoxy) is 2. The number of nitrogens with one attached hydrogen (secondary N) is 1. The summed E-state index contributed by atoms with van der Waals surface area (Å²) in [5.74, 6) is 2.29. The molecule has 3 saturated carbocycles. The van der Waals surface area contributed by atoms with E-state index in [4.69, 9.17) is 9.47 Å².